The Hall–Kier alpha value is -4.08. The van der Waals surface area contributed by atoms with Crippen LogP contribution in [0.2, 0.25) is 0 Å². The van der Waals surface area contributed by atoms with Gasteiger partial charge in [0.05, 0.1) is 10.6 Å². The van der Waals surface area contributed by atoms with Gasteiger partial charge >= 0.3 is 0 Å². The predicted octanol–water partition coefficient (Wildman–Crippen LogP) is 4.35. The highest BCUT2D eigenvalue weighted by Gasteiger charge is 2.17. The van der Waals surface area contributed by atoms with Crippen LogP contribution in [0.15, 0.2) is 59.7 Å². The Morgan fingerprint density at radius 2 is 1.66 bits per heavy atom. The molecule has 164 valence electrons. The molecule has 0 spiro atoms. The third-order valence-corrected chi connectivity index (χ3v) is 5.11. The molecule has 1 aromatic heterocycles. The molecule has 0 unspecified atom stereocenters. The van der Waals surface area contributed by atoms with Crippen molar-refractivity contribution in [1.29, 1.82) is 0 Å². The summed E-state index contributed by atoms with van der Waals surface area (Å²) in [6.45, 7) is 3.67. The second-order valence-corrected chi connectivity index (χ2v) is 7.43. The molecular weight excluding hydrogens is 408 g/mol. The molecule has 3 aromatic rings. The summed E-state index contributed by atoms with van der Waals surface area (Å²) in [5, 5.41) is 18.4. The molecule has 2 heterocycles. The van der Waals surface area contributed by atoms with Gasteiger partial charge in [-0.2, -0.15) is 20.1 Å². The highest BCUT2D eigenvalue weighted by molar-refractivity contribution is 5.98. The first-order chi connectivity index (χ1) is 15.6. The van der Waals surface area contributed by atoms with E-state index in [1.165, 1.54) is 18.6 Å². The topological polar surface area (TPSA) is 121 Å². The molecule has 2 aromatic carbocycles. The Kier molecular flexibility index (Phi) is 6.49. The molecule has 0 aliphatic carbocycles. The Bertz CT molecular complexity index is 1100. The van der Waals surface area contributed by atoms with E-state index in [1.807, 2.05) is 37.3 Å². The summed E-state index contributed by atoms with van der Waals surface area (Å²) in [5.74, 6) is 1.23. The zero-order valence-corrected chi connectivity index (χ0v) is 17.7. The number of benzene rings is 2. The minimum absolute atomic E-state index is 0.0216. The number of nitrogens with one attached hydrogen (secondary N) is 2. The Labute approximate surface area is 185 Å². The van der Waals surface area contributed by atoms with Crippen molar-refractivity contribution in [1.82, 2.24) is 15.0 Å². The van der Waals surface area contributed by atoms with Crippen molar-refractivity contribution in [2.45, 2.75) is 26.2 Å². The molecule has 0 atom stereocenters. The number of hydrogen-bond acceptors (Lipinski definition) is 9. The molecule has 1 fully saturated rings. The van der Waals surface area contributed by atoms with Gasteiger partial charge in [0, 0.05) is 30.9 Å². The van der Waals surface area contributed by atoms with Crippen LogP contribution in [0.25, 0.3) is 0 Å². The van der Waals surface area contributed by atoms with E-state index >= 15 is 0 Å². The number of nitrogens with zero attached hydrogens (tertiary/aromatic N) is 6. The Morgan fingerprint density at radius 3 is 2.34 bits per heavy atom. The number of piperidine rings is 1. The number of anilines is 4. The molecule has 10 heteroatoms. The summed E-state index contributed by atoms with van der Waals surface area (Å²) in [7, 11) is 0. The smallest absolute Gasteiger partial charge is 0.269 e. The van der Waals surface area contributed by atoms with Crippen LogP contribution in [-0.4, -0.2) is 38.7 Å². The van der Waals surface area contributed by atoms with Crippen LogP contribution in [0.4, 0.5) is 29.2 Å². The van der Waals surface area contributed by atoms with Gasteiger partial charge in [0.25, 0.3) is 5.69 Å². The number of nitro benzene ring substituents is 1. The number of rotatable bonds is 7. The van der Waals surface area contributed by atoms with Crippen molar-refractivity contribution in [3.63, 3.8) is 0 Å². The van der Waals surface area contributed by atoms with E-state index in [0.29, 0.717) is 23.5 Å². The lowest BCUT2D eigenvalue weighted by Crippen LogP contribution is -2.31. The van der Waals surface area contributed by atoms with Crippen molar-refractivity contribution in [3.8, 4) is 0 Å². The second-order valence-electron chi connectivity index (χ2n) is 7.43. The third kappa shape index (κ3) is 5.34. The normalized spacial score (nSPS) is 14.2. The number of aromatic nitrogens is 3. The first-order valence-electron chi connectivity index (χ1n) is 10.5. The molecule has 0 amide bonds. The fourth-order valence-electron chi connectivity index (χ4n) is 3.38. The molecule has 10 nitrogen and oxygen atoms in total. The lowest BCUT2D eigenvalue weighted by atomic mass is 10.1. The highest BCUT2D eigenvalue weighted by Crippen LogP contribution is 2.22. The van der Waals surface area contributed by atoms with Crippen LogP contribution in [0, 0.1) is 10.1 Å². The van der Waals surface area contributed by atoms with Crippen LogP contribution < -0.4 is 15.6 Å². The van der Waals surface area contributed by atoms with Gasteiger partial charge in [-0.25, -0.2) is 5.43 Å². The van der Waals surface area contributed by atoms with Crippen molar-refractivity contribution in [3.05, 3.63) is 70.3 Å². The predicted molar refractivity (Wildman–Crippen MR) is 125 cm³/mol. The SMILES string of the molecule is C/C(=N\Nc1nc(Nc2ccc([N+](=O)[O-])cc2)nc(N2CCCCC2)n1)c1ccccc1. The highest BCUT2D eigenvalue weighted by atomic mass is 16.6. The van der Waals surface area contributed by atoms with Crippen molar-refractivity contribution >= 4 is 34.9 Å². The fourth-order valence-corrected chi connectivity index (χ4v) is 3.38. The standard InChI is InChI=1S/C22H24N8O2/c1-16(17-8-4-2-5-9-17)27-28-21-24-20(23-18-10-12-19(13-11-18)30(31)32)25-22(26-21)29-14-6-3-7-15-29/h2,4-5,8-13H,3,6-7,14-15H2,1H3,(H2,23,24,25,26,28)/b27-16+. The monoisotopic (exact) mass is 432 g/mol. The first-order valence-corrected chi connectivity index (χ1v) is 10.5. The summed E-state index contributed by atoms with van der Waals surface area (Å²) in [4.78, 5) is 26.1. The molecule has 32 heavy (non-hydrogen) atoms. The maximum atomic E-state index is 10.9. The zero-order chi connectivity index (χ0) is 22.3. The van der Waals surface area contributed by atoms with Gasteiger partial charge in [0.15, 0.2) is 0 Å². The van der Waals surface area contributed by atoms with Crippen LogP contribution >= 0.6 is 0 Å². The molecular formula is C22H24N8O2. The van der Waals surface area contributed by atoms with Crippen LogP contribution in [0.3, 0.4) is 0 Å². The molecule has 4 rings (SSSR count). The Morgan fingerprint density at radius 1 is 0.969 bits per heavy atom. The van der Waals surface area contributed by atoms with Crippen LogP contribution in [0.5, 0.6) is 0 Å². The number of hydrazone groups is 1. The molecule has 0 bridgehead atoms. The van der Waals surface area contributed by atoms with E-state index in [4.69, 9.17) is 0 Å². The van der Waals surface area contributed by atoms with E-state index in [-0.39, 0.29) is 5.69 Å². The lowest BCUT2D eigenvalue weighted by Gasteiger charge is -2.26. The first kappa shape index (κ1) is 21.2. The lowest BCUT2D eigenvalue weighted by molar-refractivity contribution is -0.384. The van der Waals surface area contributed by atoms with E-state index in [0.717, 1.165) is 37.2 Å². The van der Waals surface area contributed by atoms with Crippen molar-refractivity contribution in [2.24, 2.45) is 5.10 Å². The number of non-ortho nitro benzene ring substituents is 1. The summed E-state index contributed by atoms with van der Waals surface area (Å²) in [6, 6.07) is 15.9. The van der Waals surface area contributed by atoms with Crippen molar-refractivity contribution < 1.29 is 4.92 Å². The van der Waals surface area contributed by atoms with Crippen molar-refractivity contribution in [2.75, 3.05) is 28.7 Å². The maximum absolute atomic E-state index is 10.9. The van der Waals surface area contributed by atoms with E-state index in [9.17, 15) is 10.1 Å². The van der Waals surface area contributed by atoms with E-state index in [1.54, 1.807) is 12.1 Å². The van der Waals surface area contributed by atoms with Gasteiger partial charge in [-0.3, -0.25) is 10.1 Å². The Balaban J connectivity index is 1.59. The fraction of sp³-hybridized carbons (Fsp3) is 0.273. The minimum atomic E-state index is -0.434. The van der Waals surface area contributed by atoms with Gasteiger partial charge in [-0.05, 0) is 43.9 Å². The van der Waals surface area contributed by atoms with E-state index < -0.39 is 4.92 Å². The molecule has 2 N–H and O–H groups in total. The van der Waals surface area contributed by atoms with Gasteiger partial charge in [0.2, 0.25) is 17.8 Å². The number of nitro groups is 1. The molecule has 0 radical (unpaired) electrons. The van der Waals surface area contributed by atoms with Gasteiger partial charge < -0.3 is 10.2 Å². The third-order valence-electron chi connectivity index (χ3n) is 5.11. The summed E-state index contributed by atoms with van der Waals surface area (Å²) < 4.78 is 0. The molecule has 1 aliphatic rings. The zero-order valence-electron chi connectivity index (χ0n) is 17.7. The van der Waals surface area contributed by atoms with Gasteiger partial charge in [0.1, 0.15) is 0 Å². The summed E-state index contributed by atoms with van der Waals surface area (Å²) >= 11 is 0. The van der Waals surface area contributed by atoms with Gasteiger partial charge in [-0.1, -0.05) is 30.3 Å². The largest absolute Gasteiger partial charge is 0.341 e. The van der Waals surface area contributed by atoms with Gasteiger partial charge in [-0.15, -0.1) is 0 Å². The second kappa shape index (κ2) is 9.82. The van der Waals surface area contributed by atoms with E-state index in [2.05, 4.69) is 35.7 Å². The summed E-state index contributed by atoms with van der Waals surface area (Å²) in [5.41, 5.74) is 5.40. The van der Waals surface area contributed by atoms with Crippen LogP contribution in [0.1, 0.15) is 31.7 Å². The average Bonchev–Trinajstić information content (AvgIpc) is 2.84. The minimum Gasteiger partial charge on any atom is -0.341 e. The molecule has 0 saturated carbocycles. The summed E-state index contributed by atoms with van der Waals surface area (Å²) in [6.07, 6.45) is 3.37. The van der Waals surface area contributed by atoms with Crippen LogP contribution in [-0.2, 0) is 0 Å². The quantitative estimate of drug-likeness (QED) is 0.321. The maximum Gasteiger partial charge on any atom is 0.269 e. The molecule has 1 aliphatic heterocycles. The molecule has 1 saturated heterocycles. The average molecular weight is 432 g/mol. The number of hydrogen-bond donors (Lipinski definition) is 2.